The van der Waals surface area contributed by atoms with Crippen LogP contribution in [0.5, 0.6) is 11.5 Å². The number of hydrogen-bond donors (Lipinski definition) is 3. The first-order valence-electron chi connectivity index (χ1n) is 11.8. The molecule has 0 heterocycles. The van der Waals surface area contributed by atoms with E-state index in [4.69, 9.17) is 4.74 Å². The highest BCUT2D eigenvalue weighted by atomic mass is 19.4. The number of carbonyl (C=O) groups excluding carboxylic acids is 2. The molecule has 0 aliphatic carbocycles. The van der Waals surface area contributed by atoms with Crippen LogP contribution in [-0.2, 0) is 6.18 Å². The molecule has 0 aromatic heterocycles. The summed E-state index contributed by atoms with van der Waals surface area (Å²) < 4.78 is 46.8. The van der Waals surface area contributed by atoms with Gasteiger partial charge in [-0.1, -0.05) is 32.0 Å². The van der Waals surface area contributed by atoms with Crippen LogP contribution in [0.4, 0.5) is 29.3 Å². The minimum absolute atomic E-state index is 0.146. The molecule has 10 heteroatoms. The molecule has 0 aliphatic rings. The van der Waals surface area contributed by atoms with E-state index in [9.17, 15) is 22.8 Å². The third-order valence-electron chi connectivity index (χ3n) is 5.53. The lowest BCUT2D eigenvalue weighted by atomic mass is 10.1. The number of urea groups is 1. The number of alkyl halides is 3. The number of likely N-dealkylation sites (N-methyl/N-ethyl adjacent to an activating group) is 1. The van der Waals surface area contributed by atoms with Gasteiger partial charge in [-0.15, -0.1) is 0 Å². The first-order chi connectivity index (χ1) is 17.7. The highest BCUT2D eigenvalue weighted by Gasteiger charge is 2.34. The summed E-state index contributed by atoms with van der Waals surface area (Å²) in [6, 6.07) is 17.7. The summed E-state index contributed by atoms with van der Waals surface area (Å²) in [6.45, 7) is 6.47. The van der Waals surface area contributed by atoms with E-state index in [0.717, 1.165) is 25.2 Å². The van der Waals surface area contributed by atoms with Crippen LogP contribution >= 0.6 is 0 Å². The summed E-state index contributed by atoms with van der Waals surface area (Å²) in [5, 5.41) is 7.34. The Balaban J connectivity index is 1.64. The van der Waals surface area contributed by atoms with Crippen molar-refractivity contribution in [1.29, 1.82) is 0 Å². The largest absolute Gasteiger partial charge is 0.457 e. The highest BCUT2D eigenvalue weighted by molar-refractivity contribution is 6.01. The van der Waals surface area contributed by atoms with Gasteiger partial charge in [0.05, 0.1) is 11.3 Å². The van der Waals surface area contributed by atoms with Crippen LogP contribution in [0.2, 0.25) is 0 Å². The topological polar surface area (TPSA) is 82.7 Å². The van der Waals surface area contributed by atoms with E-state index in [2.05, 4.69) is 20.9 Å². The normalized spacial score (nSPS) is 11.2. The average molecular weight is 515 g/mol. The molecular weight excluding hydrogens is 485 g/mol. The van der Waals surface area contributed by atoms with Gasteiger partial charge >= 0.3 is 12.2 Å². The molecule has 3 aromatic rings. The van der Waals surface area contributed by atoms with Gasteiger partial charge in [-0.05, 0) is 67.7 Å². The SMILES string of the molecule is CCN(CC)CCNC(=O)c1ccc(NC(=O)Nc2ccc(Oc3ccccc3)cc2)c(C(F)(F)F)c1. The van der Waals surface area contributed by atoms with Crippen molar-refractivity contribution < 1.29 is 27.5 Å². The van der Waals surface area contributed by atoms with Crippen molar-refractivity contribution in [1.82, 2.24) is 10.2 Å². The van der Waals surface area contributed by atoms with Gasteiger partial charge in [0.1, 0.15) is 11.5 Å². The molecule has 0 spiro atoms. The van der Waals surface area contributed by atoms with Crippen LogP contribution in [0.25, 0.3) is 0 Å². The zero-order valence-electron chi connectivity index (χ0n) is 20.6. The Kier molecular flexibility index (Phi) is 9.51. The molecule has 0 saturated carbocycles. The van der Waals surface area contributed by atoms with Gasteiger partial charge < -0.3 is 25.6 Å². The third-order valence-corrected chi connectivity index (χ3v) is 5.53. The Morgan fingerprint density at radius 3 is 2.14 bits per heavy atom. The van der Waals surface area contributed by atoms with Crippen molar-refractivity contribution in [2.24, 2.45) is 0 Å². The van der Waals surface area contributed by atoms with Crippen LogP contribution in [0.15, 0.2) is 72.8 Å². The number of rotatable bonds is 10. The first kappa shape index (κ1) is 27.5. The van der Waals surface area contributed by atoms with Gasteiger partial charge in [-0.3, -0.25) is 4.79 Å². The number of anilines is 2. The van der Waals surface area contributed by atoms with Gasteiger partial charge in [-0.25, -0.2) is 4.79 Å². The summed E-state index contributed by atoms with van der Waals surface area (Å²) in [7, 11) is 0. The van der Waals surface area contributed by atoms with Crippen LogP contribution in [-0.4, -0.2) is 43.0 Å². The first-order valence-corrected chi connectivity index (χ1v) is 11.8. The summed E-state index contributed by atoms with van der Waals surface area (Å²) >= 11 is 0. The number of carbonyl (C=O) groups is 2. The average Bonchev–Trinajstić information content (AvgIpc) is 2.88. The lowest BCUT2D eigenvalue weighted by molar-refractivity contribution is -0.136. The molecule has 3 rings (SSSR count). The summed E-state index contributed by atoms with van der Waals surface area (Å²) in [4.78, 5) is 26.9. The highest BCUT2D eigenvalue weighted by Crippen LogP contribution is 2.35. The van der Waals surface area contributed by atoms with E-state index in [0.29, 0.717) is 30.3 Å². The van der Waals surface area contributed by atoms with Crippen molar-refractivity contribution in [3.8, 4) is 11.5 Å². The van der Waals surface area contributed by atoms with Gasteiger partial charge in [0, 0.05) is 24.3 Å². The molecule has 3 N–H and O–H groups in total. The van der Waals surface area contributed by atoms with E-state index < -0.39 is 29.4 Å². The van der Waals surface area contributed by atoms with Crippen LogP contribution in [0, 0.1) is 0 Å². The Labute approximate surface area is 213 Å². The minimum Gasteiger partial charge on any atom is -0.457 e. The molecule has 196 valence electrons. The Bertz CT molecular complexity index is 1180. The summed E-state index contributed by atoms with van der Waals surface area (Å²) in [6.07, 6.45) is -4.78. The molecule has 3 aromatic carbocycles. The van der Waals surface area contributed by atoms with Gasteiger partial charge in [0.15, 0.2) is 0 Å². The number of nitrogens with one attached hydrogen (secondary N) is 3. The van der Waals surface area contributed by atoms with Crippen LogP contribution in [0.1, 0.15) is 29.8 Å². The molecule has 0 unspecified atom stereocenters. The number of benzene rings is 3. The predicted molar refractivity (Wildman–Crippen MR) is 137 cm³/mol. The van der Waals surface area contributed by atoms with Crippen molar-refractivity contribution >= 4 is 23.3 Å². The van der Waals surface area contributed by atoms with E-state index >= 15 is 0 Å². The maximum absolute atomic E-state index is 13.7. The van der Waals surface area contributed by atoms with E-state index in [-0.39, 0.29) is 5.56 Å². The van der Waals surface area contributed by atoms with Gasteiger partial charge in [0.2, 0.25) is 0 Å². The molecule has 7 nitrogen and oxygen atoms in total. The number of halogens is 3. The standard InChI is InChI=1S/C27H29F3N4O3/c1-3-34(4-2)17-16-31-25(35)19-10-15-24(23(18-19)27(28,29)30)33-26(36)32-20-11-13-22(14-12-20)37-21-8-6-5-7-9-21/h5-15,18H,3-4,16-17H2,1-2H3,(H,31,35)(H2,32,33,36). The summed E-state index contributed by atoms with van der Waals surface area (Å²) in [5.74, 6) is 0.551. The molecular formula is C27H29F3N4O3. The second-order valence-corrected chi connectivity index (χ2v) is 8.06. The Hall–Kier alpha value is -4.05. The zero-order chi connectivity index (χ0) is 26.8. The van der Waals surface area contributed by atoms with E-state index in [1.165, 1.54) is 6.07 Å². The maximum atomic E-state index is 13.7. The smallest absolute Gasteiger partial charge is 0.418 e. The quantitative estimate of drug-likeness (QED) is 0.300. The second-order valence-electron chi connectivity index (χ2n) is 8.06. The Morgan fingerprint density at radius 1 is 0.865 bits per heavy atom. The van der Waals surface area contributed by atoms with Crippen LogP contribution in [0.3, 0.4) is 0 Å². The lowest BCUT2D eigenvalue weighted by Gasteiger charge is -2.18. The predicted octanol–water partition coefficient (Wildman–Crippen LogP) is 6.21. The molecule has 0 aliphatic heterocycles. The van der Waals surface area contributed by atoms with E-state index in [1.807, 2.05) is 32.0 Å². The zero-order valence-corrected chi connectivity index (χ0v) is 20.6. The fraction of sp³-hybridized carbons (Fsp3) is 0.259. The minimum atomic E-state index is -4.78. The number of hydrogen-bond acceptors (Lipinski definition) is 4. The fourth-order valence-corrected chi connectivity index (χ4v) is 3.51. The number of amides is 3. The third kappa shape index (κ3) is 8.25. The molecule has 3 amide bonds. The van der Waals surface area contributed by atoms with Crippen molar-refractivity contribution in [3.05, 3.63) is 83.9 Å². The van der Waals surface area contributed by atoms with Crippen LogP contribution < -0.4 is 20.7 Å². The Morgan fingerprint density at radius 2 is 1.51 bits per heavy atom. The van der Waals surface area contributed by atoms with Gasteiger partial charge in [0.25, 0.3) is 5.91 Å². The molecule has 0 atom stereocenters. The molecule has 0 fully saturated rings. The number of nitrogens with zero attached hydrogens (tertiary/aromatic N) is 1. The van der Waals surface area contributed by atoms with Crippen molar-refractivity contribution in [2.75, 3.05) is 36.8 Å². The molecule has 0 bridgehead atoms. The number of para-hydroxylation sites is 1. The van der Waals surface area contributed by atoms with Gasteiger partial charge in [-0.2, -0.15) is 13.2 Å². The second kappa shape index (κ2) is 12.8. The fourth-order valence-electron chi connectivity index (χ4n) is 3.51. The molecule has 0 saturated heterocycles. The molecule has 37 heavy (non-hydrogen) atoms. The van der Waals surface area contributed by atoms with E-state index in [1.54, 1.807) is 36.4 Å². The lowest BCUT2D eigenvalue weighted by Crippen LogP contribution is -2.34. The van der Waals surface area contributed by atoms with Crippen molar-refractivity contribution in [3.63, 3.8) is 0 Å². The summed E-state index contributed by atoms with van der Waals surface area (Å²) in [5.41, 5.74) is -1.37. The monoisotopic (exact) mass is 514 g/mol. The number of ether oxygens (including phenoxy) is 1. The molecule has 0 radical (unpaired) electrons. The van der Waals surface area contributed by atoms with Crippen molar-refractivity contribution in [2.45, 2.75) is 20.0 Å². The maximum Gasteiger partial charge on any atom is 0.418 e.